The van der Waals surface area contributed by atoms with E-state index in [9.17, 15) is 13.6 Å². The number of aromatic nitrogens is 3. The van der Waals surface area contributed by atoms with E-state index in [4.69, 9.17) is 31.8 Å². The van der Waals surface area contributed by atoms with Crippen LogP contribution in [0.15, 0.2) is 30.5 Å². The molecule has 0 radical (unpaired) electrons. The average molecular weight is 537 g/mol. The lowest BCUT2D eigenvalue weighted by molar-refractivity contribution is -0.0528. The first-order valence-corrected chi connectivity index (χ1v) is 12.0. The second kappa shape index (κ2) is 9.98. The van der Waals surface area contributed by atoms with Gasteiger partial charge in [-0.3, -0.25) is 0 Å². The number of benzene rings is 2. The number of hydrogen-bond acceptors (Lipinski definition) is 8. The number of halogens is 3. The molecule has 12 heteroatoms. The zero-order chi connectivity index (χ0) is 26.2. The standard InChI is InChI=1S/C24H23ClF2N4O4S/c1-11-5-13(19-15(6-11)30-18(9-29-19)35-22(26)27)21-31-20-14(25)7-12(8-16(20)36-21)34-17(24(2,3)4)10-33-23(28)32/h5-9,17,22H,10H2,1-4H3,(H2,28,32). The molecule has 0 fully saturated rings. The summed E-state index contributed by atoms with van der Waals surface area (Å²) in [6.45, 7) is 4.70. The van der Waals surface area contributed by atoms with Gasteiger partial charge in [-0.15, -0.1) is 11.3 Å². The third-order valence-corrected chi connectivity index (χ3v) is 6.58. The fourth-order valence-electron chi connectivity index (χ4n) is 3.49. The van der Waals surface area contributed by atoms with Crippen molar-refractivity contribution in [3.05, 3.63) is 41.0 Å². The van der Waals surface area contributed by atoms with Gasteiger partial charge in [0.1, 0.15) is 29.0 Å². The van der Waals surface area contributed by atoms with Gasteiger partial charge < -0.3 is 19.9 Å². The molecule has 190 valence electrons. The van der Waals surface area contributed by atoms with Gasteiger partial charge in [-0.1, -0.05) is 32.4 Å². The van der Waals surface area contributed by atoms with Gasteiger partial charge in [-0.05, 0) is 30.7 Å². The van der Waals surface area contributed by atoms with Crippen molar-refractivity contribution in [2.24, 2.45) is 11.1 Å². The lowest BCUT2D eigenvalue weighted by Crippen LogP contribution is -2.37. The molecule has 2 aromatic carbocycles. The number of nitrogens with zero attached hydrogens (tertiary/aromatic N) is 3. The van der Waals surface area contributed by atoms with Gasteiger partial charge in [0.05, 0.1) is 27.0 Å². The number of ether oxygens (including phenoxy) is 3. The Hall–Kier alpha value is -3.31. The maximum Gasteiger partial charge on any atom is 0.404 e. The summed E-state index contributed by atoms with van der Waals surface area (Å²) < 4.78 is 41.5. The van der Waals surface area contributed by atoms with E-state index in [2.05, 4.69) is 14.7 Å². The van der Waals surface area contributed by atoms with E-state index >= 15 is 0 Å². The highest BCUT2D eigenvalue weighted by Gasteiger charge is 2.28. The largest absolute Gasteiger partial charge is 0.486 e. The summed E-state index contributed by atoms with van der Waals surface area (Å²) in [5, 5.41) is 1.00. The number of nitrogens with two attached hydrogens (primary N) is 1. The lowest BCUT2D eigenvalue weighted by Gasteiger charge is -2.30. The first-order chi connectivity index (χ1) is 16.9. The normalized spacial score (nSPS) is 12.8. The Morgan fingerprint density at radius 3 is 2.56 bits per heavy atom. The van der Waals surface area contributed by atoms with Crippen LogP contribution >= 0.6 is 22.9 Å². The molecule has 2 N–H and O–H groups in total. The van der Waals surface area contributed by atoms with Crippen molar-refractivity contribution in [3.8, 4) is 22.2 Å². The van der Waals surface area contributed by atoms with Crippen molar-refractivity contribution < 1.29 is 27.8 Å². The molecular formula is C24H23ClF2N4O4S. The number of carbonyl (C=O) groups is 1. The maximum atomic E-state index is 12.6. The zero-order valence-electron chi connectivity index (χ0n) is 19.8. The number of hydrogen-bond donors (Lipinski definition) is 1. The number of carbonyl (C=O) groups excluding carboxylic acids is 1. The number of aryl methyl sites for hydroxylation is 1. The SMILES string of the molecule is Cc1cc(-c2nc3c(Cl)cc(OC(COC(N)=O)C(C)(C)C)cc3s2)c2ncc(OC(F)F)nc2c1. The smallest absolute Gasteiger partial charge is 0.404 e. The Morgan fingerprint density at radius 2 is 1.89 bits per heavy atom. The molecule has 0 aliphatic heterocycles. The Bertz CT molecular complexity index is 1440. The minimum absolute atomic E-state index is 0.0202. The van der Waals surface area contributed by atoms with Gasteiger partial charge in [-0.25, -0.2) is 19.7 Å². The fourth-order valence-corrected chi connectivity index (χ4v) is 4.84. The summed E-state index contributed by atoms with van der Waals surface area (Å²) in [6.07, 6.45) is -0.207. The summed E-state index contributed by atoms with van der Waals surface area (Å²) in [5.74, 6) is 0.218. The van der Waals surface area contributed by atoms with Crippen molar-refractivity contribution in [2.45, 2.75) is 40.4 Å². The summed E-state index contributed by atoms with van der Waals surface area (Å²) in [5.41, 5.74) is 7.76. The molecule has 0 saturated carbocycles. The van der Waals surface area contributed by atoms with Crippen LogP contribution in [-0.4, -0.2) is 40.4 Å². The summed E-state index contributed by atoms with van der Waals surface area (Å²) >= 11 is 7.92. The predicted molar refractivity (Wildman–Crippen MR) is 134 cm³/mol. The molecule has 1 unspecified atom stereocenters. The van der Waals surface area contributed by atoms with Crippen LogP contribution in [-0.2, 0) is 4.74 Å². The summed E-state index contributed by atoms with van der Waals surface area (Å²) in [6, 6.07) is 7.09. The molecule has 0 saturated heterocycles. The first kappa shape index (κ1) is 25.8. The maximum absolute atomic E-state index is 12.6. The molecule has 0 spiro atoms. The van der Waals surface area contributed by atoms with E-state index in [-0.39, 0.29) is 17.9 Å². The minimum atomic E-state index is -3.00. The number of thiazole rings is 1. The van der Waals surface area contributed by atoms with Crippen molar-refractivity contribution in [1.29, 1.82) is 0 Å². The monoisotopic (exact) mass is 536 g/mol. The van der Waals surface area contributed by atoms with E-state index in [0.29, 0.717) is 37.9 Å². The molecule has 0 bridgehead atoms. The average Bonchev–Trinajstić information content (AvgIpc) is 3.19. The molecule has 4 aromatic rings. The Balaban J connectivity index is 1.73. The second-order valence-corrected chi connectivity index (χ2v) is 10.6. The van der Waals surface area contributed by atoms with Crippen LogP contribution < -0.4 is 15.2 Å². The lowest BCUT2D eigenvalue weighted by atomic mass is 9.89. The van der Waals surface area contributed by atoms with E-state index in [0.717, 1.165) is 16.5 Å². The van der Waals surface area contributed by atoms with Crippen molar-refractivity contribution in [2.75, 3.05) is 6.61 Å². The van der Waals surface area contributed by atoms with Gasteiger partial charge in [0.25, 0.3) is 0 Å². The van der Waals surface area contributed by atoms with Crippen LogP contribution in [0, 0.1) is 12.3 Å². The molecular weight excluding hydrogens is 514 g/mol. The Labute approximate surface area is 214 Å². The van der Waals surface area contributed by atoms with E-state index < -0.39 is 18.8 Å². The second-order valence-electron chi connectivity index (χ2n) is 9.14. The first-order valence-electron chi connectivity index (χ1n) is 10.8. The number of fused-ring (bicyclic) bond motifs is 2. The summed E-state index contributed by atoms with van der Waals surface area (Å²) in [7, 11) is 0. The van der Waals surface area contributed by atoms with Crippen molar-refractivity contribution in [1.82, 2.24) is 15.0 Å². The number of rotatable bonds is 7. The minimum Gasteiger partial charge on any atom is -0.486 e. The molecule has 8 nitrogen and oxygen atoms in total. The fraction of sp³-hybridized carbons (Fsp3) is 0.333. The summed E-state index contributed by atoms with van der Waals surface area (Å²) in [4.78, 5) is 24.3. The third kappa shape index (κ3) is 5.73. The van der Waals surface area contributed by atoms with Crippen LogP contribution in [0.4, 0.5) is 13.6 Å². The third-order valence-electron chi connectivity index (χ3n) is 5.25. The Morgan fingerprint density at radius 1 is 1.14 bits per heavy atom. The molecule has 1 amide bonds. The predicted octanol–water partition coefficient (Wildman–Crippen LogP) is 6.36. The van der Waals surface area contributed by atoms with Gasteiger partial charge in [-0.2, -0.15) is 8.78 Å². The van der Waals surface area contributed by atoms with Gasteiger partial charge in [0.15, 0.2) is 0 Å². The topological polar surface area (TPSA) is 109 Å². The van der Waals surface area contributed by atoms with Crippen LogP contribution in [0.1, 0.15) is 26.3 Å². The molecule has 0 aliphatic carbocycles. The van der Waals surface area contributed by atoms with Crippen molar-refractivity contribution >= 4 is 50.3 Å². The molecule has 36 heavy (non-hydrogen) atoms. The molecule has 0 aliphatic rings. The molecule has 4 rings (SSSR count). The molecule has 2 aromatic heterocycles. The van der Waals surface area contributed by atoms with Gasteiger partial charge in [0, 0.05) is 17.0 Å². The highest BCUT2D eigenvalue weighted by molar-refractivity contribution is 7.21. The zero-order valence-corrected chi connectivity index (χ0v) is 21.4. The number of amides is 1. The molecule has 1 atom stereocenters. The van der Waals surface area contributed by atoms with Crippen LogP contribution in [0.5, 0.6) is 11.6 Å². The van der Waals surface area contributed by atoms with Crippen molar-refractivity contribution in [3.63, 3.8) is 0 Å². The highest BCUT2D eigenvalue weighted by Crippen LogP contribution is 2.39. The number of alkyl halides is 2. The van der Waals surface area contributed by atoms with E-state index in [1.54, 1.807) is 12.1 Å². The van der Waals surface area contributed by atoms with Crippen LogP contribution in [0.3, 0.4) is 0 Å². The molecule has 2 heterocycles. The Kier molecular flexibility index (Phi) is 7.14. The van der Waals surface area contributed by atoms with Crippen LogP contribution in [0.2, 0.25) is 5.02 Å². The highest BCUT2D eigenvalue weighted by atomic mass is 35.5. The van der Waals surface area contributed by atoms with E-state index in [1.165, 1.54) is 11.3 Å². The number of primary amides is 1. The van der Waals surface area contributed by atoms with Crippen LogP contribution in [0.25, 0.3) is 31.8 Å². The van der Waals surface area contributed by atoms with Gasteiger partial charge >= 0.3 is 12.7 Å². The van der Waals surface area contributed by atoms with Gasteiger partial charge in [0.2, 0.25) is 5.88 Å². The quantitative estimate of drug-likeness (QED) is 0.292. The van der Waals surface area contributed by atoms with E-state index in [1.807, 2.05) is 39.8 Å².